The molecule has 0 bridgehead atoms. The number of aromatic amines is 2. The second kappa shape index (κ2) is 7.43. The van der Waals surface area contributed by atoms with E-state index in [9.17, 15) is 14.4 Å². The first-order valence-corrected chi connectivity index (χ1v) is 8.81. The Morgan fingerprint density at radius 2 is 1.93 bits per heavy atom. The van der Waals surface area contributed by atoms with Gasteiger partial charge in [0.2, 0.25) is 0 Å². The molecule has 28 heavy (non-hydrogen) atoms. The van der Waals surface area contributed by atoms with Crippen LogP contribution in [-0.2, 0) is 13.0 Å². The molecule has 0 unspecified atom stereocenters. The molecule has 4 rings (SSSR count). The Morgan fingerprint density at radius 3 is 2.75 bits per heavy atom. The standard InChI is InChI=1S/C20H18N4O4/c25-18(21-8-7-13-10-22-17-6-2-1-5-15(13)17)16-11-23-20(27)24(19(16)26)12-14-4-3-9-28-14/h1-6,9-11,22H,7-8,12H2,(H,21,25)(H,23,27). The maximum absolute atomic E-state index is 12.6. The van der Waals surface area contributed by atoms with Gasteiger partial charge in [0, 0.05) is 29.8 Å². The van der Waals surface area contributed by atoms with Crippen molar-refractivity contribution < 1.29 is 9.21 Å². The molecule has 0 spiro atoms. The Labute approximate surface area is 158 Å². The van der Waals surface area contributed by atoms with Crippen LogP contribution in [0.4, 0.5) is 0 Å². The highest BCUT2D eigenvalue weighted by atomic mass is 16.3. The molecule has 1 amide bonds. The van der Waals surface area contributed by atoms with Crippen LogP contribution in [0.1, 0.15) is 21.7 Å². The van der Waals surface area contributed by atoms with Gasteiger partial charge < -0.3 is 19.7 Å². The number of rotatable bonds is 6. The normalized spacial score (nSPS) is 11.0. The minimum Gasteiger partial charge on any atom is -0.467 e. The van der Waals surface area contributed by atoms with Crippen LogP contribution < -0.4 is 16.6 Å². The molecule has 0 aliphatic heterocycles. The average molecular weight is 378 g/mol. The van der Waals surface area contributed by atoms with E-state index in [0.29, 0.717) is 18.7 Å². The number of carbonyl (C=O) groups is 1. The monoisotopic (exact) mass is 378 g/mol. The number of nitrogens with one attached hydrogen (secondary N) is 3. The van der Waals surface area contributed by atoms with E-state index < -0.39 is 17.2 Å². The van der Waals surface area contributed by atoms with Crippen molar-refractivity contribution in [3.05, 3.63) is 92.8 Å². The van der Waals surface area contributed by atoms with Crippen LogP contribution in [0, 0.1) is 0 Å². The number of furan rings is 1. The van der Waals surface area contributed by atoms with Crippen LogP contribution in [0.2, 0.25) is 0 Å². The highest BCUT2D eigenvalue weighted by Gasteiger charge is 2.15. The number of benzene rings is 1. The Bertz CT molecular complexity index is 1230. The number of H-pyrrole nitrogens is 2. The number of nitrogens with zero attached hydrogens (tertiary/aromatic N) is 1. The molecule has 1 aromatic carbocycles. The first-order chi connectivity index (χ1) is 13.6. The molecule has 8 nitrogen and oxygen atoms in total. The van der Waals surface area contributed by atoms with E-state index >= 15 is 0 Å². The number of hydrogen-bond donors (Lipinski definition) is 3. The van der Waals surface area contributed by atoms with Gasteiger partial charge in [-0.05, 0) is 30.2 Å². The minimum absolute atomic E-state index is 0.0440. The van der Waals surface area contributed by atoms with Crippen molar-refractivity contribution in [3.63, 3.8) is 0 Å². The van der Waals surface area contributed by atoms with Crippen LogP contribution >= 0.6 is 0 Å². The molecule has 4 aromatic rings. The van der Waals surface area contributed by atoms with E-state index in [1.54, 1.807) is 12.1 Å². The molecule has 3 N–H and O–H groups in total. The fraction of sp³-hybridized carbons (Fsp3) is 0.150. The Balaban J connectivity index is 1.47. The second-order valence-electron chi connectivity index (χ2n) is 6.34. The molecule has 142 valence electrons. The lowest BCUT2D eigenvalue weighted by Crippen LogP contribution is -2.41. The lowest BCUT2D eigenvalue weighted by Gasteiger charge is -2.07. The molecule has 8 heteroatoms. The number of para-hydroxylation sites is 1. The van der Waals surface area contributed by atoms with Crippen LogP contribution in [-0.4, -0.2) is 27.0 Å². The molecule has 0 aliphatic carbocycles. The van der Waals surface area contributed by atoms with Gasteiger partial charge in [0.1, 0.15) is 11.3 Å². The summed E-state index contributed by atoms with van der Waals surface area (Å²) >= 11 is 0. The summed E-state index contributed by atoms with van der Waals surface area (Å²) in [6.45, 7) is 0.315. The maximum Gasteiger partial charge on any atom is 0.328 e. The molecule has 0 fully saturated rings. The first kappa shape index (κ1) is 17.6. The van der Waals surface area contributed by atoms with Gasteiger partial charge in [-0.25, -0.2) is 4.79 Å². The summed E-state index contributed by atoms with van der Waals surface area (Å²) < 4.78 is 6.11. The van der Waals surface area contributed by atoms with Crippen molar-refractivity contribution in [1.82, 2.24) is 19.9 Å². The maximum atomic E-state index is 12.6. The van der Waals surface area contributed by atoms with Gasteiger partial charge in [-0.3, -0.25) is 14.2 Å². The largest absolute Gasteiger partial charge is 0.467 e. The Morgan fingerprint density at radius 1 is 1.07 bits per heavy atom. The third-order valence-electron chi connectivity index (χ3n) is 4.55. The third kappa shape index (κ3) is 3.39. The van der Waals surface area contributed by atoms with Gasteiger partial charge in [0.05, 0.1) is 12.8 Å². The van der Waals surface area contributed by atoms with E-state index in [4.69, 9.17) is 4.42 Å². The molecule has 3 heterocycles. The van der Waals surface area contributed by atoms with E-state index in [0.717, 1.165) is 27.2 Å². The SMILES string of the molecule is O=C(NCCc1c[nH]c2ccccc12)c1c[nH]c(=O)n(Cc2ccco2)c1=O. The fourth-order valence-corrected chi connectivity index (χ4v) is 3.12. The number of carbonyl (C=O) groups excluding carboxylic acids is 1. The van der Waals surface area contributed by atoms with Crippen molar-refractivity contribution in [1.29, 1.82) is 0 Å². The molecular weight excluding hydrogens is 360 g/mol. The van der Waals surface area contributed by atoms with Gasteiger partial charge in [0.15, 0.2) is 0 Å². The fourth-order valence-electron chi connectivity index (χ4n) is 3.12. The zero-order valence-electron chi connectivity index (χ0n) is 14.9. The van der Waals surface area contributed by atoms with Crippen molar-refractivity contribution in [2.45, 2.75) is 13.0 Å². The predicted molar refractivity (Wildman–Crippen MR) is 103 cm³/mol. The topological polar surface area (TPSA) is 113 Å². The highest BCUT2D eigenvalue weighted by Crippen LogP contribution is 2.17. The summed E-state index contributed by atoms with van der Waals surface area (Å²) in [6, 6.07) is 11.2. The van der Waals surface area contributed by atoms with Crippen LogP contribution in [0.15, 0.2) is 69.1 Å². The summed E-state index contributed by atoms with van der Waals surface area (Å²) in [5, 5.41) is 3.84. The summed E-state index contributed by atoms with van der Waals surface area (Å²) in [7, 11) is 0. The summed E-state index contributed by atoms with van der Waals surface area (Å²) in [5.74, 6) is -0.0845. The van der Waals surface area contributed by atoms with E-state index in [1.807, 2.05) is 30.5 Å². The van der Waals surface area contributed by atoms with Gasteiger partial charge in [0.25, 0.3) is 11.5 Å². The van der Waals surface area contributed by atoms with Crippen molar-refractivity contribution in [2.24, 2.45) is 0 Å². The van der Waals surface area contributed by atoms with Crippen molar-refractivity contribution >= 4 is 16.8 Å². The van der Waals surface area contributed by atoms with E-state index in [2.05, 4.69) is 15.3 Å². The highest BCUT2D eigenvalue weighted by molar-refractivity contribution is 5.93. The van der Waals surface area contributed by atoms with Gasteiger partial charge in [-0.15, -0.1) is 0 Å². The minimum atomic E-state index is -0.662. The number of hydrogen-bond acceptors (Lipinski definition) is 4. The summed E-state index contributed by atoms with van der Waals surface area (Å²) in [5.41, 5.74) is 0.726. The number of fused-ring (bicyclic) bond motifs is 1. The predicted octanol–water partition coefficient (Wildman–Crippen LogP) is 1.63. The average Bonchev–Trinajstić information content (AvgIpc) is 3.35. The Hall–Kier alpha value is -3.81. The molecule has 0 radical (unpaired) electrons. The smallest absolute Gasteiger partial charge is 0.328 e. The third-order valence-corrected chi connectivity index (χ3v) is 4.55. The van der Waals surface area contributed by atoms with Crippen LogP contribution in [0.5, 0.6) is 0 Å². The molecular formula is C20H18N4O4. The summed E-state index contributed by atoms with van der Waals surface area (Å²) in [6.07, 6.45) is 5.12. The first-order valence-electron chi connectivity index (χ1n) is 8.81. The Kier molecular flexibility index (Phi) is 4.67. The lowest BCUT2D eigenvalue weighted by atomic mass is 10.1. The number of aromatic nitrogens is 3. The van der Waals surface area contributed by atoms with Gasteiger partial charge in [-0.1, -0.05) is 18.2 Å². The zero-order chi connectivity index (χ0) is 19.5. The van der Waals surface area contributed by atoms with Crippen molar-refractivity contribution in [2.75, 3.05) is 6.54 Å². The molecule has 0 saturated carbocycles. The molecule has 0 aliphatic rings. The van der Waals surface area contributed by atoms with E-state index in [1.165, 1.54) is 6.26 Å². The number of amides is 1. The molecule has 3 aromatic heterocycles. The summed E-state index contributed by atoms with van der Waals surface area (Å²) in [4.78, 5) is 42.6. The molecule has 0 saturated heterocycles. The van der Waals surface area contributed by atoms with E-state index in [-0.39, 0.29) is 12.1 Å². The lowest BCUT2D eigenvalue weighted by molar-refractivity contribution is 0.0951. The van der Waals surface area contributed by atoms with Gasteiger partial charge in [-0.2, -0.15) is 0 Å². The van der Waals surface area contributed by atoms with Gasteiger partial charge >= 0.3 is 5.69 Å². The van der Waals surface area contributed by atoms with Crippen molar-refractivity contribution in [3.8, 4) is 0 Å². The second-order valence-corrected chi connectivity index (χ2v) is 6.34. The molecule has 0 atom stereocenters. The zero-order valence-corrected chi connectivity index (χ0v) is 14.9. The van der Waals surface area contributed by atoms with Crippen LogP contribution in [0.3, 0.4) is 0 Å². The quantitative estimate of drug-likeness (QED) is 0.473. The van der Waals surface area contributed by atoms with Crippen LogP contribution in [0.25, 0.3) is 10.9 Å².